The molecule has 3 N–H and O–H groups in total. The van der Waals surface area contributed by atoms with Gasteiger partial charge in [0.1, 0.15) is 12.7 Å². The Labute approximate surface area is 165 Å². The lowest BCUT2D eigenvalue weighted by Crippen LogP contribution is -2.21. The maximum atomic E-state index is 11.2. The molecule has 0 aromatic carbocycles. The summed E-state index contributed by atoms with van der Waals surface area (Å²) in [7, 11) is 0. The van der Waals surface area contributed by atoms with Crippen molar-refractivity contribution in [3.05, 3.63) is 0 Å². The molecule has 0 aliphatic heterocycles. The van der Waals surface area contributed by atoms with Gasteiger partial charge in [-0.05, 0) is 12.8 Å². The fourth-order valence-electron chi connectivity index (χ4n) is 2.42. The smallest absolute Gasteiger partial charge is 0.305 e. The summed E-state index contributed by atoms with van der Waals surface area (Å²) in [5, 5.41) is 25.8. The molecule has 6 heteroatoms. The van der Waals surface area contributed by atoms with Gasteiger partial charge in [-0.1, -0.05) is 78.1 Å². The molecule has 0 rings (SSSR count). The maximum Gasteiger partial charge on any atom is 0.305 e. The van der Waals surface area contributed by atoms with Crippen LogP contribution < -0.4 is 0 Å². The van der Waals surface area contributed by atoms with Gasteiger partial charge < -0.3 is 20.1 Å². The minimum Gasteiger partial charge on any atom is -0.481 e. The lowest BCUT2D eigenvalue weighted by atomic mass is 10.1. The van der Waals surface area contributed by atoms with Crippen molar-refractivity contribution in [3.63, 3.8) is 0 Å². The van der Waals surface area contributed by atoms with Crippen molar-refractivity contribution >= 4 is 11.9 Å². The predicted molar refractivity (Wildman–Crippen MR) is 108 cm³/mol. The van der Waals surface area contributed by atoms with Gasteiger partial charge in [-0.2, -0.15) is 0 Å². The van der Waals surface area contributed by atoms with Crippen LogP contribution >= 0.6 is 0 Å². The quantitative estimate of drug-likeness (QED) is 0.250. The number of unbranched alkanes of at least 4 members (excludes halogenated alkanes) is 10. The Morgan fingerprint density at radius 2 is 1.22 bits per heavy atom. The Hall–Kier alpha value is -1.14. The van der Waals surface area contributed by atoms with Crippen LogP contribution in [0.4, 0.5) is 0 Å². The van der Waals surface area contributed by atoms with E-state index in [9.17, 15) is 9.59 Å². The maximum absolute atomic E-state index is 11.2. The summed E-state index contributed by atoms with van der Waals surface area (Å²) in [6, 6.07) is 0. The third-order valence-corrected chi connectivity index (χ3v) is 4.13. The highest BCUT2D eigenvalue weighted by Crippen LogP contribution is 2.08. The molecule has 27 heavy (non-hydrogen) atoms. The second-order valence-corrected chi connectivity index (χ2v) is 6.95. The fourth-order valence-corrected chi connectivity index (χ4v) is 2.42. The molecule has 162 valence electrons. The largest absolute Gasteiger partial charge is 0.481 e. The number of hydrogen-bond acceptors (Lipinski definition) is 5. The standard InChI is InChI=1S/C13H26O4.C8H16O2/c1-2-3-4-5-6-7-8-9-13(16)17-11-12(15)10-14;1-2-3-4-5-6-7-8(9)10/h12,14-15H,2-11H2,1H3;2-7H2,1H3,(H,9,10). The molecule has 0 aromatic heterocycles. The first-order chi connectivity index (χ1) is 13.0. The first-order valence-electron chi connectivity index (χ1n) is 10.6. The van der Waals surface area contributed by atoms with Crippen molar-refractivity contribution in [1.82, 2.24) is 0 Å². The summed E-state index contributed by atoms with van der Waals surface area (Å²) in [4.78, 5) is 21.2. The summed E-state index contributed by atoms with van der Waals surface area (Å²) >= 11 is 0. The van der Waals surface area contributed by atoms with Gasteiger partial charge in [-0.25, -0.2) is 0 Å². The van der Waals surface area contributed by atoms with Crippen LogP contribution in [0.2, 0.25) is 0 Å². The molecular weight excluding hydrogens is 348 g/mol. The van der Waals surface area contributed by atoms with Gasteiger partial charge in [0.25, 0.3) is 0 Å². The lowest BCUT2D eigenvalue weighted by molar-refractivity contribution is -0.147. The van der Waals surface area contributed by atoms with Crippen LogP contribution in [0.3, 0.4) is 0 Å². The van der Waals surface area contributed by atoms with Crippen LogP contribution in [-0.4, -0.2) is 46.6 Å². The van der Waals surface area contributed by atoms with E-state index in [0.717, 1.165) is 25.7 Å². The zero-order valence-electron chi connectivity index (χ0n) is 17.5. The molecule has 0 aliphatic rings. The Morgan fingerprint density at radius 3 is 1.67 bits per heavy atom. The number of carbonyl (C=O) groups is 2. The third-order valence-electron chi connectivity index (χ3n) is 4.13. The number of hydrogen-bond donors (Lipinski definition) is 3. The van der Waals surface area contributed by atoms with Crippen molar-refractivity contribution in [2.24, 2.45) is 0 Å². The Kier molecular flexibility index (Phi) is 23.8. The minimum absolute atomic E-state index is 0.105. The van der Waals surface area contributed by atoms with E-state index >= 15 is 0 Å². The third kappa shape index (κ3) is 27.2. The van der Waals surface area contributed by atoms with E-state index in [1.165, 1.54) is 51.4 Å². The highest BCUT2D eigenvalue weighted by Gasteiger charge is 2.07. The minimum atomic E-state index is -0.951. The number of esters is 1. The molecule has 0 fully saturated rings. The van der Waals surface area contributed by atoms with Crippen LogP contribution in [0.5, 0.6) is 0 Å². The van der Waals surface area contributed by atoms with Crippen LogP contribution in [0.1, 0.15) is 104 Å². The molecule has 0 aliphatic carbocycles. The zero-order valence-corrected chi connectivity index (χ0v) is 17.5. The number of aliphatic hydroxyl groups excluding tert-OH is 2. The molecule has 0 saturated carbocycles. The van der Waals surface area contributed by atoms with Crippen molar-refractivity contribution in [1.29, 1.82) is 0 Å². The van der Waals surface area contributed by atoms with Crippen molar-refractivity contribution < 1.29 is 29.6 Å². The molecule has 6 nitrogen and oxygen atoms in total. The monoisotopic (exact) mass is 390 g/mol. The van der Waals surface area contributed by atoms with E-state index in [0.29, 0.717) is 12.8 Å². The molecule has 0 heterocycles. The molecular formula is C21H42O6. The first-order valence-corrected chi connectivity index (χ1v) is 10.6. The molecule has 0 aromatic rings. The summed E-state index contributed by atoms with van der Waals surface area (Å²) < 4.78 is 4.79. The van der Waals surface area contributed by atoms with Gasteiger partial charge in [0.15, 0.2) is 0 Å². The molecule has 0 saturated heterocycles. The summed E-state index contributed by atoms with van der Waals surface area (Å²) in [6.45, 7) is 3.87. The van der Waals surface area contributed by atoms with E-state index in [2.05, 4.69) is 13.8 Å². The van der Waals surface area contributed by atoms with Crippen LogP contribution in [0, 0.1) is 0 Å². The summed E-state index contributed by atoms with van der Waals surface area (Å²) in [6.07, 6.45) is 13.5. The van der Waals surface area contributed by atoms with Crippen molar-refractivity contribution in [2.75, 3.05) is 13.2 Å². The first kappa shape index (κ1) is 28.1. The predicted octanol–water partition coefficient (Wildman–Crippen LogP) is 4.46. The van der Waals surface area contributed by atoms with Gasteiger partial charge in [0.2, 0.25) is 0 Å². The van der Waals surface area contributed by atoms with Crippen LogP contribution in [0.15, 0.2) is 0 Å². The van der Waals surface area contributed by atoms with Crippen LogP contribution in [0.25, 0.3) is 0 Å². The second kappa shape index (κ2) is 22.9. The SMILES string of the molecule is CCCCCCCC(=O)O.CCCCCCCCCC(=O)OCC(O)CO. The van der Waals surface area contributed by atoms with Gasteiger partial charge in [-0.3, -0.25) is 9.59 Å². The molecule has 0 amide bonds. The number of carbonyl (C=O) groups excluding carboxylic acids is 1. The zero-order chi connectivity index (χ0) is 20.8. The molecule has 0 radical (unpaired) electrons. The van der Waals surface area contributed by atoms with Gasteiger partial charge in [0.05, 0.1) is 6.61 Å². The number of ether oxygens (including phenoxy) is 1. The summed E-state index contributed by atoms with van der Waals surface area (Å²) in [5.41, 5.74) is 0. The normalized spacial score (nSPS) is 11.4. The highest BCUT2D eigenvalue weighted by atomic mass is 16.5. The number of aliphatic carboxylic acids is 1. The number of aliphatic hydroxyl groups is 2. The molecule has 0 spiro atoms. The molecule has 1 atom stereocenters. The van der Waals surface area contributed by atoms with E-state index < -0.39 is 12.1 Å². The van der Waals surface area contributed by atoms with Gasteiger partial charge >= 0.3 is 11.9 Å². The van der Waals surface area contributed by atoms with E-state index in [-0.39, 0.29) is 19.2 Å². The van der Waals surface area contributed by atoms with Crippen molar-refractivity contribution in [2.45, 2.75) is 110 Å². The average Bonchev–Trinajstić information content (AvgIpc) is 2.65. The van der Waals surface area contributed by atoms with Gasteiger partial charge in [0, 0.05) is 12.8 Å². The number of carboxylic acids is 1. The average molecular weight is 391 g/mol. The molecule has 0 bridgehead atoms. The van der Waals surface area contributed by atoms with Crippen LogP contribution in [-0.2, 0) is 14.3 Å². The molecule has 1 unspecified atom stereocenters. The lowest BCUT2D eigenvalue weighted by Gasteiger charge is -2.08. The topological polar surface area (TPSA) is 104 Å². The number of carboxylic acid groups (broad SMARTS) is 1. The van der Waals surface area contributed by atoms with E-state index in [1.807, 2.05) is 0 Å². The van der Waals surface area contributed by atoms with E-state index in [1.54, 1.807) is 0 Å². The Bertz CT molecular complexity index is 333. The fraction of sp³-hybridized carbons (Fsp3) is 0.905. The highest BCUT2D eigenvalue weighted by molar-refractivity contribution is 5.69. The summed E-state index contributed by atoms with van der Waals surface area (Å²) in [5.74, 6) is -0.956. The van der Waals surface area contributed by atoms with Gasteiger partial charge in [-0.15, -0.1) is 0 Å². The number of rotatable bonds is 17. The Morgan fingerprint density at radius 1 is 0.778 bits per heavy atom. The Balaban J connectivity index is 0. The van der Waals surface area contributed by atoms with E-state index in [4.69, 9.17) is 20.1 Å². The van der Waals surface area contributed by atoms with Crippen molar-refractivity contribution in [3.8, 4) is 0 Å². The second-order valence-electron chi connectivity index (χ2n) is 6.95.